The van der Waals surface area contributed by atoms with E-state index in [2.05, 4.69) is 42.1 Å². The minimum atomic E-state index is -4.54. The first-order valence-corrected chi connectivity index (χ1v) is 9.31. The molecule has 0 amide bonds. The van der Waals surface area contributed by atoms with Crippen molar-refractivity contribution in [2.24, 2.45) is 0 Å². The van der Waals surface area contributed by atoms with Crippen LogP contribution in [0.2, 0.25) is 0 Å². The van der Waals surface area contributed by atoms with Crippen molar-refractivity contribution in [2.75, 3.05) is 6.54 Å². The second-order valence-electron chi connectivity index (χ2n) is 6.28. The smallest absolute Gasteiger partial charge is 0.404 e. The third kappa shape index (κ3) is 4.82. The standard InChI is InChI=1S/C16H25N2O4P/c1-11(2)18(12(3)4)8-7-13-10-17-16-6-5-14(9-15(13)16)22-23(19,20)21/h5-6,9-12,17H,7-8H2,1-4H3,(H2,19,20,21). The lowest BCUT2D eigenvalue weighted by Gasteiger charge is -2.30. The number of phosphoric ester groups is 1. The van der Waals surface area contributed by atoms with Gasteiger partial charge < -0.3 is 9.51 Å². The number of nitrogens with one attached hydrogen (secondary N) is 1. The van der Waals surface area contributed by atoms with E-state index in [1.807, 2.05) is 6.20 Å². The second-order valence-corrected chi connectivity index (χ2v) is 7.44. The summed E-state index contributed by atoms with van der Waals surface area (Å²) in [5.74, 6) is 0.177. The Morgan fingerprint density at radius 2 is 1.87 bits per heavy atom. The molecule has 0 aliphatic heterocycles. The largest absolute Gasteiger partial charge is 0.524 e. The molecule has 0 fully saturated rings. The summed E-state index contributed by atoms with van der Waals surface area (Å²) in [6, 6.07) is 5.93. The van der Waals surface area contributed by atoms with Gasteiger partial charge in [-0.2, -0.15) is 0 Å². The van der Waals surface area contributed by atoms with Crippen LogP contribution in [0.25, 0.3) is 10.9 Å². The van der Waals surface area contributed by atoms with Gasteiger partial charge in [0.15, 0.2) is 0 Å². The lowest BCUT2D eigenvalue weighted by atomic mass is 10.1. The average molecular weight is 340 g/mol. The Kier molecular flexibility index (Phi) is 5.53. The molecule has 0 unspecified atom stereocenters. The van der Waals surface area contributed by atoms with Crippen molar-refractivity contribution in [3.63, 3.8) is 0 Å². The average Bonchev–Trinajstić information content (AvgIpc) is 2.79. The van der Waals surface area contributed by atoms with Crippen LogP contribution in [0.3, 0.4) is 0 Å². The highest BCUT2D eigenvalue weighted by Gasteiger charge is 2.17. The fourth-order valence-corrected chi connectivity index (χ4v) is 3.31. The van der Waals surface area contributed by atoms with Gasteiger partial charge in [0.05, 0.1) is 0 Å². The van der Waals surface area contributed by atoms with Crippen LogP contribution in [0.4, 0.5) is 0 Å². The summed E-state index contributed by atoms with van der Waals surface area (Å²) in [5.41, 5.74) is 2.04. The van der Waals surface area contributed by atoms with E-state index < -0.39 is 7.82 Å². The first-order chi connectivity index (χ1) is 10.7. The molecule has 2 aromatic rings. The van der Waals surface area contributed by atoms with Gasteiger partial charge in [0, 0.05) is 35.7 Å². The van der Waals surface area contributed by atoms with Gasteiger partial charge in [-0.1, -0.05) is 0 Å². The van der Waals surface area contributed by atoms with Gasteiger partial charge in [-0.15, -0.1) is 0 Å². The number of rotatable bonds is 7. The monoisotopic (exact) mass is 340 g/mol. The van der Waals surface area contributed by atoms with E-state index in [1.165, 1.54) is 0 Å². The topological polar surface area (TPSA) is 85.8 Å². The number of hydrogen-bond acceptors (Lipinski definition) is 3. The third-order valence-electron chi connectivity index (χ3n) is 3.93. The zero-order valence-electron chi connectivity index (χ0n) is 14.0. The van der Waals surface area contributed by atoms with Crippen molar-refractivity contribution in [2.45, 2.75) is 46.2 Å². The molecule has 1 heterocycles. The Morgan fingerprint density at radius 1 is 1.22 bits per heavy atom. The van der Waals surface area contributed by atoms with Crippen LogP contribution in [0.1, 0.15) is 33.3 Å². The van der Waals surface area contributed by atoms with Gasteiger partial charge >= 0.3 is 7.82 Å². The first-order valence-electron chi connectivity index (χ1n) is 7.78. The molecule has 2 rings (SSSR count). The summed E-state index contributed by atoms with van der Waals surface area (Å²) in [4.78, 5) is 23.5. The number of aromatic amines is 1. The Bertz CT molecular complexity index is 697. The van der Waals surface area contributed by atoms with Gasteiger partial charge in [0.1, 0.15) is 5.75 Å². The molecule has 1 aromatic carbocycles. The lowest BCUT2D eigenvalue weighted by Crippen LogP contribution is -2.38. The van der Waals surface area contributed by atoms with Gasteiger partial charge in [-0.3, -0.25) is 14.7 Å². The number of H-pyrrole nitrogens is 1. The Hall–Kier alpha value is -1.33. The molecule has 23 heavy (non-hydrogen) atoms. The molecule has 0 spiro atoms. The highest BCUT2D eigenvalue weighted by molar-refractivity contribution is 7.46. The molecule has 0 atom stereocenters. The predicted molar refractivity (Wildman–Crippen MR) is 91.7 cm³/mol. The van der Waals surface area contributed by atoms with Crippen LogP contribution in [0.5, 0.6) is 5.75 Å². The Labute approximate surface area is 136 Å². The van der Waals surface area contributed by atoms with Crippen LogP contribution in [0.15, 0.2) is 24.4 Å². The van der Waals surface area contributed by atoms with Crippen molar-refractivity contribution in [3.05, 3.63) is 30.0 Å². The molecule has 7 heteroatoms. The van der Waals surface area contributed by atoms with Crippen LogP contribution in [-0.4, -0.2) is 38.3 Å². The molecule has 128 valence electrons. The van der Waals surface area contributed by atoms with Crippen LogP contribution >= 0.6 is 7.82 Å². The van der Waals surface area contributed by atoms with Crippen LogP contribution in [-0.2, 0) is 11.0 Å². The van der Waals surface area contributed by atoms with Gasteiger partial charge in [-0.25, -0.2) is 4.57 Å². The lowest BCUT2D eigenvalue weighted by molar-refractivity contribution is 0.177. The second kappa shape index (κ2) is 7.05. The molecule has 6 nitrogen and oxygen atoms in total. The molecule has 0 bridgehead atoms. The first kappa shape index (κ1) is 18.0. The molecule has 0 aliphatic rings. The predicted octanol–water partition coefficient (Wildman–Crippen LogP) is 3.30. The molecular formula is C16H25N2O4P. The SMILES string of the molecule is CC(C)N(CCc1c[nH]c2ccc(OP(=O)(O)O)cc12)C(C)C. The fraction of sp³-hybridized carbons (Fsp3) is 0.500. The van der Waals surface area contributed by atoms with Crippen molar-refractivity contribution < 1.29 is 18.9 Å². The summed E-state index contributed by atoms with van der Waals surface area (Å²) in [6.45, 7) is 9.65. The number of phosphoric acid groups is 1. The zero-order chi connectivity index (χ0) is 17.2. The van der Waals surface area contributed by atoms with Crippen molar-refractivity contribution in [1.29, 1.82) is 0 Å². The van der Waals surface area contributed by atoms with E-state index >= 15 is 0 Å². The number of fused-ring (bicyclic) bond motifs is 1. The van der Waals surface area contributed by atoms with Crippen molar-refractivity contribution >= 4 is 18.7 Å². The van der Waals surface area contributed by atoms with Gasteiger partial charge in [0.2, 0.25) is 0 Å². The zero-order valence-corrected chi connectivity index (χ0v) is 14.9. The highest BCUT2D eigenvalue weighted by atomic mass is 31.2. The maximum atomic E-state index is 11.0. The summed E-state index contributed by atoms with van der Waals surface area (Å²) in [7, 11) is -4.54. The van der Waals surface area contributed by atoms with E-state index in [0.717, 1.165) is 29.4 Å². The normalized spacial score (nSPS) is 12.7. The van der Waals surface area contributed by atoms with Gasteiger partial charge in [-0.05, 0) is 57.9 Å². The quantitative estimate of drug-likeness (QED) is 0.673. The molecule has 1 aromatic heterocycles. The van der Waals surface area contributed by atoms with Crippen LogP contribution in [0, 0.1) is 0 Å². The van der Waals surface area contributed by atoms with Gasteiger partial charge in [0.25, 0.3) is 0 Å². The summed E-state index contributed by atoms with van der Waals surface area (Å²) >= 11 is 0. The number of benzene rings is 1. The number of aromatic nitrogens is 1. The molecule has 0 radical (unpaired) electrons. The summed E-state index contributed by atoms with van der Waals surface area (Å²) in [5, 5.41) is 0.934. The highest BCUT2D eigenvalue weighted by Crippen LogP contribution is 2.38. The number of hydrogen-bond donors (Lipinski definition) is 3. The van der Waals surface area contributed by atoms with E-state index in [4.69, 9.17) is 9.79 Å². The number of nitrogens with zero attached hydrogens (tertiary/aromatic N) is 1. The summed E-state index contributed by atoms with van der Waals surface area (Å²) < 4.78 is 15.7. The van der Waals surface area contributed by atoms with Crippen molar-refractivity contribution in [1.82, 2.24) is 9.88 Å². The van der Waals surface area contributed by atoms with E-state index in [-0.39, 0.29) is 5.75 Å². The van der Waals surface area contributed by atoms with E-state index in [1.54, 1.807) is 18.2 Å². The summed E-state index contributed by atoms with van der Waals surface area (Å²) in [6.07, 6.45) is 2.81. The molecule has 3 N–H and O–H groups in total. The maximum absolute atomic E-state index is 11.0. The van der Waals surface area contributed by atoms with Crippen molar-refractivity contribution in [3.8, 4) is 5.75 Å². The maximum Gasteiger partial charge on any atom is 0.524 e. The molecular weight excluding hydrogens is 315 g/mol. The minimum Gasteiger partial charge on any atom is -0.404 e. The molecule has 0 saturated carbocycles. The van der Waals surface area contributed by atoms with E-state index in [0.29, 0.717) is 12.1 Å². The molecule has 0 saturated heterocycles. The van der Waals surface area contributed by atoms with Crippen LogP contribution < -0.4 is 4.52 Å². The Morgan fingerprint density at radius 3 is 2.43 bits per heavy atom. The minimum absolute atomic E-state index is 0.177. The Balaban J connectivity index is 2.20. The van der Waals surface area contributed by atoms with E-state index in [9.17, 15) is 4.57 Å². The third-order valence-corrected chi connectivity index (χ3v) is 4.38. The fourth-order valence-electron chi connectivity index (χ4n) is 2.92. The molecule has 0 aliphatic carbocycles.